The summed E-state index contributed by atoms with van der Waals surface area (Å²) in [6.07, 6.45) is 0. The van der Waals surface area contributed by atoms with Crippen LogP contribution < -0.4 is 10.6 Å². The Kier molecular flexibility index (Phi) is 5.23. The number of hydrogen-bond donors (Lipinski definition) is 2. The number of nitrogens with one attached hydrogen (secondary N) is 2. The fourth-order valence-electron chi connectivity index (χ4n) is 2.68. The van der Waals surface area contributed by atoms with E-state index in [1.54, 1.807) is 26.0 Å². The summed E-state index contributed by atoms with van der Waals surface area (Å²) in [5, 5.41) is 5.37. The minimum atomic E-state index is -1.16. The van der Waals surface area contributed by atoms with Crippen molar-refractivity contribution in [2.24, 2.45) is 0 Å². The number of imide groups is 1. The molecule has 1 aromatic rings. The highest BCUT2D eigenvalue weighted by molar-refractivity contribution is 6.09. The zero-order valence-corrected chi connectivity index (χ0v) is 14.4. The maximum atomic E-state index is 12.7. The Hall–Kier alpha value is -2.41. The Morgan fingerprint density at radius 1 is 1.33 bits per heavy atom. The van der Waals surface area contributed by atoms with Crippen LogP contribution in [-0.2, 0) is 19.9 Å². The lowest BCUT2D eigenvalue weighted by Gasteiger charge is -2.22. The Bertz CT molecular complexity index is 644. The Labute approximate surface area is 141 Å². The monoisotopic (exact) mass is 333 g/mol. The van der Waals surface area contributed by atoms with Crippen LogP contribution in [0.25, 0.3) is 0 Å². The number of urea groups is 1. The second-order valence-electron chi connectivity index (χ2n) is 6.24. The molecule has 0 aromatic heterocycles. The number of benzene rings is 1. The lowest BCUT2D eigenvalue weighted by atomic mass is 9.91. The third-order valence-corrected chi connectivity index (χ3v) is 4.03. The smallest absolute Gasteiger partial charge is 0.325 e. The van der Waals surface area contributed by atoms with Crippen molar-refractivity contribution < 1.29 is 19.1 Å². The highest BCUT2D eigenvalue weighted by Crippen LogP contribution is 2.28. The maximum absolute atomic E-state index is 12.7. The van der Waals surface area contributed by atoms with Crippen molar-refractivity contribution in [3.63, 3.8) is 0 Å². The topological polar surface area (TPSA) is 87.7 Å². The molecule has 0 saturated carbocycles. The normalized spacial score (nSPS) is 21.6. The third-order valence-electron chi connectivity index (χ3n) is 4.03. The summed E-state index contributed by atoms with van der Waals surface area (Å²) >= 11 is 0. The van der Waals surface area contributed by atoms with Crippen LogP contribution in [0.3, 0.4) is 0 Å². The summed E-state index contributed by atoms with van der Waals surface area (Å²) in [6, 6.07) is 6.59. The van der Waals surface area contributed by atoms with E-state index in [4.69, 9.17) is 4.74 Å². The molecule has 1 fully saturated rings. The van der Waals surface area contributed by atoms with Crippen LogP contribution in [0.15, 0.2) is 24.3 Å². The van der Waals surface area contributed by atoms with Gasteiger partial charge in [0.15, 0.2) is 0 Å². The number of aryl methyl sites for hydroxylation is 1. The van der Waals surface area contributed by atoms with Crippen LogP contribution in [0.1, 0.15) is 25.0 Å². The van der Waals surface area contributed by atoms with Crippen LogP contribution in [0.4, 0.5) is 4.79 Å². The van der Waals surface area contributed by atoms with E-state index in [0.29, 0.717) is 12.2 Å². The third kappa shape index (κ3) is 3.56. The van der Waals surface area contributed by atoms with Gasteiger partial charge in [0.25, 0.3) is 5.91 Å². The van der Waals surface area contributed by atoms with Crippen molar-refractivity contribution >= 4 is 17.8 Å². The molecule has 7 nitrogen and oxygen atoms in total. The molecule has 7 heteroatoms. The fraction of sp³-hybridized carbons (Fsp3) is 0.471. The highest BCUT2D eigenvalue weighted by atomic mass is 16.5. The van der Waals surface area contributed by atoms with Gasteiger partial charge in [-0.2, -0.15) is 0 Å². The molecule has 1 aliphatic rings. The SMILES string of the molecule is COCC(C)NC(=O)CN1C(=O)NC(C)(c2ccc(C)cc2)C1=O. The molecule has 130 valence electrons. The van der Waals surface area contributed by atoms with Crippen LogP contribution in [0, 0.1) is 6.92 Å². The summed E-state index contributed by atoms with van der Waals surface area (Å²) in [5.74, 6) is -0.845. The first-order valence-electron chi connectivity index (χ1n) is 7.77. The maximum Gasteiger partial charge on any atom is 0.325 e. The molecular weight excluding hydrogens is 310 g/mol. The van der Waals surface area contributed by atoms with Gasteiger partial charge in [-0.1, -0.05) is 29.8 Å². The van der Waals surface area contributed by atoms with Crippen LogP contribution in [0.2, 0.25) is 0 Å². The molecule has 0 spiro atoms. The number of carbonyl (C=O) groups is 3. The average Bonchev–Trinajstić information content (AvgIpc) is 2.72. The predicted molar refractivity (Wildman–Crippen MR) is 88.3 cm³/mol. The van der Waals surface area contributed by atoms with Gasteiger partial charge in [0.1, 0.15) is 12.1 Å². The number of nitrogens with zero attached hydrogens (tertiary/aromatic N) is 1. The first kappa shape index (κ1) is 17.9. The Balaban J connectivity index is 2.11. The van der Waals surface area contributed by atoms with E-state index in [2.05, 4.69) is 10.6 Å². The van der Waals surface area contributed by atoms with Gasteiger partial charge >= 0.3 is 6.03 Å². The van der Waals surface area contributed by atoms with Gasteiger partial charge in [0, 0.05) is 13.2 Å². The summed E-state index contributed by atoms with van der Waals surface area (Å²) in [6.45, 7) is 5.40. The first-order chi connectivity index (χ1) is 11.3. The molecule has 1 aromatic carbocycles. The zero-order chi connectivity index (χ0) is 17.9. The van der Waals surface area contributed by atoms with E-state index in [9.17, 15) is 14.4 Å². The van der Waals surface area contributed by atoms with E-state index in [0.717, 1.165) is 10.5 Å². The largest absolute Gasteiger partial charge is 0.383 e. The van der Waals surface area contributed by atoms with E-state index in [1.165, 1.54) is 7.11 Å². The van der Waals surface area contributed by atoms with Gasteiger partial charge in [-0.25, -0.2) is 4.79 Å². The predicted octanol–water partition coefficient (Wildman–Crippen LogP) is 0.913. The van der Waals surface area contributed by atoms with Gasteiger partial charge in [-0.15, -0.1) is 0 Å². The molecule has 2 unspecified atom stereocenters. The molecule has 2 rings (SSSR count). The van der Waals surface area contributed by atoms with Crippen LogP contribution in [0.5, 0.6) is 0 Å². The minimum Gasteiger partial charge on any atom is -0.383 e. The van der Waals surface area contributed by atoms with Crippen molar-refractivity contribution in [2.45, 2.75) is 32.4 Å². The highest BCUT2D eigenvalue weighted by Gasteiger charge is 2.49. The second-order valence-corrected chi connectivity index (χ2v) is 6.24. The molecule has 2 N–H and O–H groups in total. The number of methoxy groups -OCH3 is 1. The molecule has 1 saturated heterocycles. The number of rotatable bonds is 6. The van der Waals surface area contributed by atoms with Crippen LogP contribution >= 0.6 is 0 Å². The molecule has 0 radical (unpaired) electrons. The van der Waals surface area contributed by atoms with Gasteiger partial charge in [-0.05, 0) is 26.3 Å². The van der Waals surface area contributed by atoms with Crippen LogP contribution in [-0.4, -0.2) is 49.0 Å². The molecular formula is C17H23N3O4. The molecule has 1 aliphatic heterocycles. The lowest BCUT2D eigenvalue weighted by molar-refractivity contribution is -0.135. The molecule has 4 amide bonds. The molecule has 0 bridgehead atoms. The summed E-state index contributed by atoms with van der Waals surface area (Å²) in [4.78, 5) is 37.9. The molecule has 2 atom stereocenters. The summed E-state index contributed by atoms with van der Waals surface area (Å²) in [5.41, 5.74) is 0.577. The Morgan fingerprint density at radius 2 is 1.96 bits per heavy atom. The molecule has 0 aliphatic carbocycles. The van der Waals surface area contributed by atoms with Crippen molar-refractivity contribution in [1.82, 2.24) is 15.5 Å². The summed E-state index contributed by atoms with van der Waals surface area (Å²) < 4.78 is 4.94. The number of carbonyl (C=O) groups excluding carboxylic acids is 3. The van der Waals surface area contributed by atoms with E-state index in [-0.39, 0.29) is 12.6 Å². The second kappa shape index (κ2) is 7.00. The minimum absolute atomic E-state index is 0.202. The standard InChI is InChI=1S/C17H23N3O4/c1-11-5-7-13(8-6-11)17(3)15(22)20(16(23)19-17)9-14(21)18-12(2)10-24-4/h5-8,12H,9-10H2,1-4H3,(H,18,21)(H,19,23). The van der Waals surface area contributed by atoms with Crippen molar-refractivity contribution in [3.05, 3.63) is 35.4 Å². The van der Waals surface area contributed by atoms with Gasteiger partial charge in [0.05, 0.1) is 6.61 Å². The van der Waals surface area contributed by atoms with Crippen molar-refractivity contribution in [3.8, 4) is 0 Å². The number of hydrogen-bond acceptors (Lipinski definition) is 4. The summed E-state index contributed by atoms with van der Waals surface area (Å²) in [7, 11) is 1.53. The van der Waals surface area contributed by atoms with Crippen molar-refractivity contribution in [2.75, 3.05) is 20.3 Å². The van der Waals surface area contributed by atoms with E-state index < -0.39 is 23.4 Å². The van der Waals surface area contributed by atoms with E-state index in [1.807, 2.05) is 19.1 Å². The quantitative estimate of drug-likeness (QED) is 0.758. The zero-order valence-electron chi connectivity index (χ0n) is 14.4. The van der Waals surface area contributed by atoms with Crippen molar-refractivity contribution in [1.29, 1.82) is 0 Å². The molecule has 24 heavy (non-hydrogen) atoms. The Morgan fingerprint density at radius 3 is 2.54 bits per heavy atom. The number of amides is 4. The van der Waals surface area contributed by atoms with E-state index >= 15 is 0 Å². The van der Waals surface area contributed by atoms with Gasteiger partial charge < -0.3 is 15.4 Å². The van der Waals surface area contributed by atoms with Gasteiger partial charge in [0.2, 0.25) is 5.91 Å². The average molecular weight is 333 g/mol. The lowest BCUT2D eigenvalue weighted by Crippen LogP contribution is -2.45. The van der Waals surface area contributed by atoms with Gasteiger partial charge in [-0.3, -0.25) is 14.5 Å². The first-order valence-corrected chi connectivity index (χ1v) is 7.77. The fourth-order valence-corrected chi connectivity index (χ4v) is 2.68. The molecule has 1 heterocycles. The number of ether oxygens (including phenoxy) is 1.